The Balaban J connectivity index is 1.57. The van der Waals surface area contributed by atoms with Crippen LogP contribution in [-0.2, 0) is 16.1 Å². The number of hydrogen-bond acceptors (Lipinski definition) is 6. The fourth-order valence-electron chi connectivity index (χ4n) is 3.36. The van der Waals surface area contributed by atoms with Gasteiger partial charge >= 0.3 is 0 Å². The Bertz CT molecular complexity index is 807. The zero-order valence-electron chi connectivity index (χ0n) is 16.0. The van der Waals surface area contributed by atoms with Gasteiger partial charge in [-0.1, -0.05) is 35.3 Å². The molecule has 0 bridgehead atoms. The standard InChI is InChI=1S/C19H24Cl2N4O4/c1-11(26)16(22)19(29)24-8-6-23(7-9-24)13-4-2-12(3-5-13)10-25-17(27)14(20)15(21)18(25)28/h2-5,11,16-17,26-27H,6-10,22H2,1H3/t11-,16+,17?/m1/s1. The minimum absolute atomic E-state index is 0.0592. The molecule has 1 aromatic carbocycles. The van der Waals surface area contributed by atoms with Crippen molar-refractivity contribution in [2.75, 3.05) is 31.1 Å². The lowest BCUT2D eigenvalue weighted by atomic mass is 10.1. The molecule has 0 aliphatic carbocycles. The lowest BCUT2D eigenvalue weighted by molar-refractivity contribution is -0.135. The van der Waals surface area contributed by atoms with E-state index in [1.807, 2.05) is 24.3 Å². The van der Waals surface area contributed by atoms with Crippen molar-refractivity contribution in [3.05, 3.63) is 39.9 Å². The average molecular weight is 443 g/mol. The van der Waals surface area contributed by atoms with Crippen molar-refractivity contribution >= 4 is 40.7 Å². The molecule has 1 unspecified atom stereocenters. The second kappa shape index (κ2) is 8.89. The van der Waals surface area contributed by atoms with Crippen LogP contribution < -0.4 is 10.6 Å². The topological polar surface area (TPSA) is 110 Å². The molecule has 0 saturated carbocycles. The van der Waals surface area contributed by atoms with Crippen LogP contribution in [0.5, 0.6) is 0 Å². The van der Waals surface area contributed by atoms with Gasteiger partial charge in [-0.3, -0.25) is 9.59 Å². The molecule has 0 aromatic heterocycles. The van der Waals surface area contributed by atoms with E-state index in [-0.39, 0.29) is 22.5 Å². The first kappa shape index (κ1) is 21.9. The SMILES string of the molecule is C[C@@H](O)[C@H](N)C(=O)N1CCN(c2ccc(CN3C(=O)C(Cl)=C(Cl)C3O)cc2)CC1. The number of aliphatic hydroxyl groups is 2. The first-order chi connectivity index (χ1) is 13.7. The lowest BCUT2D eigenvalue weighted by Gasteiger charge is -2.37. The summed E-state index contributed by atoms with van der Waals surface area (Å²) in [7, 11) is 0. The molecular formula is C19H24Cl2N4O4. The number of aliphatic hydroxyl groups excluding tert-OH is 2. The van der Waals surface area contributed by atoms with Crippen LogP contribution in [0.25, 0.3) is 0 Å². The number of nitrogens with zero attached hydrogens (tertiary/aromatic N) is 3. The number of benzene rings is 1. The van der Waals surface area contributed by atoms with Crippen LogP contribution in [0.1, 0.15) is 12.5 Å². The smallest absolute Gasteiger partial charge is 0.269 e. The van der Waals surface area contributed by atoms with E-state index in [1.165, 1.54) is 11.8 Å². The Hall–Kier alpha value is -1.84. The number of rotatable bonds is 5. The van der Waals surface area contributed by atoms with E-state index in [1.54, 1.807) is 4.90 Å². The quantitative estimate of drug-likeness (QED) is 0.608. The van der Waals surface area contributed by atoms with Crippen LogP contribution >= 0.6 is 23.2 Å². The van der Waals surface area contributed by atoms with Crippen molar-refractivity contribution in [3.8, 4) is 0 Å². The summed E-state index contributed by atoms with van der Waals surface area (Å²) >= 11 is 11.7. The van der Waals surface area contributed by atoms with E-state index in [4.69, 9.17) is 28.9 Å². The van der Waals surface area contributed by atoms with Crippen LogP contribution in [0.4, 0.5) is 5.69 Å². The first-order valence-corrected chi connectivity index (χ1v) is 10.1. The summed E-state index contributed by atoms with van der Waals surface area (Å²) in [4.78, 5) is 29.3. The maximum Gasteiger partial charge on any atom is 0.269 e. The number of nitrogens with two attached hydrogens (primary N) is 1. The summed E-state index contributed by atoms with van der Waals surface area (Å²) in [6, 6.07) is 6.70. The van der Waals surface area contributed by atoms with E-state index in [9.17, 15) is 19.8 Å². The number of carbonyl (C=O) groups excluding carboxylic acids is 2. The monoisotopic (exact) mass is 442 g/mol. The third-order valence-corrected chi connectivity index (χ3v) is 6.08. The van der Waals surface area contributed by atoms with Gasteiger partial charge in [-0.2, -0.15) is 0 Å². The largest absolute Gasteiger partial charge is 0.391 e. The molecule has 1 saturated heterocycles. The fourth-order valence-corrected chi connectivity index (χ4v) is 3.76. The molecular weight excluding hydrogens is 419 g/mol. The van der Waals surface area contributed by atoms with Gasteiger partial charge in [-0.25, -0.2) is 0 Å². The Morgan fingerprint density at radius 3 is 2.28 bits per heavy atom. The van der Waals surface area contributed by atoms with Gasteiger partial charge in [0, 0.05) is 38.4 Å². The van der Waals surface area contributed by atoms with E-state index < -0.39 is 24.3 Å². The second-order valence-electron chi connectivity index (χ2n) is 7.21. The number of anilines is 1. The predicted octanol–water partition coefficient (Wildman–Crippen LogP) is 0.393. The summed E-state index contributed by atoms with van der Waals surface area (Å²) in [6.07, 6.45) is -2.11. The molecule has 10 heteroatoms. The Morgan fingerprint density at radius 2 is 1.79 bits per heavy atom. The van der Waals surface area contributed by atoms with E-state index in [0.29, 0.717) is 26.2 Å². The van der Waals surface area contributed by atoms with Crippen LogP contribution in [0.2, 0.25) is 0 Å². The predicted molar refractivity (Wildman–Crippen MR) is 110 cm³/mol. The molecule has 1 fully saturated rings. The van der Waals surface area contributed by atoms with Crippen LogP contribution in [-0.4, -0.2) is 76.4 Å². The van der Waals surface area contributed by atoms with E-state index >= 15 is 0 Å². The highest BCUT2D eigenvalue weighted by molar-refractivity contribution is 6.49. The molecule has 3 rings (SSSR count). The van der Waals surface area contributed by atoms with Gasteiger partial charge in [-0.05, 0) is 24.6 Å². The van der Waals surface area contributed by atoms with Crippen molar-refractivity contribution in [2.24, 2.45) is 5.73 Å². The highest BCUT2D eigenvalue weighted by atomic mass is 35.5. The highest BCUT2D eigenvalue weighted by Crippen LogP contribution is 2.31. The Morgan fingerprint density at radius 1 is 1.21 bits per heavy atom. The highest BCUT2D eigenvalue weighted by Gasteiger charge is 2.36. The summed E-state index contributed by atoms with van der Waals surface area (Å²) in [5, 5.41) is 19.3. The maximum atomic E-state index is 12.2. The Labute approximate surface area is 179 Å². The molecule has 2 aliphatic heterocycles. The molecule has 2 heterocycles. The van der Waals surface area contributed by atoms with Gasteiger partial charge in [0.15, 0.2) is 6.23 Å². The average Bonchev–Trinajstić information content (AvgIpc) is 2.91. The van der Waals surface area contributed by atoms with Gasteiger partial charge < -0.3 is 30.6 Å². The number of amides is 2. The van der Waals surface area contributed by atoms with Gasteiger partial charge in [0.1, 0.15) is 11.1 Å². The van der Waals surface area contributed by atoms with Gasteiger partial charge in [0.2, 0.25) is 5.91 Å². The van der Waals surface area contributed by atoms with Crippen molar-refractivity contribution in [2.45, 2.75) is 31.8 Å². The molecule has 1 aromatic rings. The third-order valence-electron chi connectivity index (χ3n) is 5.23. The summed E-state index contributed by atoms with van der Waals surface area (Å²) in [5.41, 5.74) is 7.55. The molecule has 3 atom stereocenters. The summed E-state index contributed by atoms with van der Waals surface area (Å²) in [6.45, 7) is 4.04. The number of carbonyl (C=O) groups is 2. The minimum atomic E-state index is -1.23. The van der Waals surface area contributed by atoms with Crippen molar-refractivity contribution in [1.82, 2.24) is 9.80 Å². The molecule has 2 aliphatic rings. The molecule has 158 valence electrons. The number of hydrogen-bond donors (Lipinski definition) is 3. The van der Waals surface area contributed by atoms with Gasteiger partial charge in [0.25, 0.3) is 5.91 Å². The van der Waals surface area contributed by atoms with Crippen LogP contribution in [0.3, 0.4) is 0 Å². The fraction of sp³-hybridized carbons (Fsp3) is 0.474. The van der Waals surface area contributed by atoms with Crippen molar-refractivity contribution in [3.63, 3.8) is 0 Å². The minimum Gasteiger partial charge on any atom is -0.391 e. The molecule has 4 N–H and O–H groups in total. The van der Waals surface area contributed by atoms with Gasteiger partial charge in [0.05, 0.1) is 11.1 Å². The normalized spacial score (nSPS) is 22.3. The number of halogens is 2. The second-order valence-corrected chi connectivity index (χ2v) is 8.00. The van der Waals surface area contributed by atoms with Crippen molar-refractivity contribution < 1.29 is 19.8 Å². The Kier molecular flexibility index (Phi) is 6.70. The number of piperazine rings is 1. The zero-order chi connectivity index (χ0) is 21.3. The van der Waals surface area contributed by atoms with Crippen LogP contribution in [0, 0.1) is 0 Å². The van der Waals surface area contributed by atoms with E-state index in [0.717, 1.165) is 11.3 Å². The molecule has 8 nitrogen and oxygen atoms in total. The van der Waals surface area contributed by atoms with Crippen molar-refractivity contribution in [1.29, 1.82) is 0 Å². The molecule has 0 radical (unpaired) electrons. The van der Waals surface area contributed by atoms with Gasteiger partial charge in [-0.15, -0.1) is 0 Å². The molecule has 0 spiro atoms. The summed E-state index contributed by atoms with van der Waals surface area (Å²) in [5.74, 6) is -0.737. The zero-order valence-corrected chi connectivity index (χ0v) is 17.5. The lowest BCUT2D eigenvalue weighted by Crippen LogP contribution is -2.55. The summed E-state index contributed by atoms with van der Waals surface area (Å²) < 4.78 is 0. The maximum absolute atomic E-state index is 12.2. The van der Waals surface area contributed by atoms with E-state index in [2.05, 4.69) is 4.90 Å². The molecule has 2 amide bonds. The van der Waals surface area contributed by atoms with Crippen LogP contribution in [0.15, 0.2) is 34.3 Å². The molecule has 29 heavy (non-hydrogen) atoms. The third kappa shape index (κ3) is 4.51. The first-order valence-electron chi connectivity index (χ1n) is 9.31.